The van der Waals surface area contributed by atoms with Gasteiger partial charge in [-0.3, -0.25) is 4.98 Å². The molecule has 6 heteroatoms. The largest absolute Gasteiger partial charge is 0.477 e. The highest BCUT2D eigenvalue weighted by atomic mass is 16.4. The molecule has 0 saturated carbocycles. The van der Waals surface area contributed by atoms with E-state index in [1.807, 2.05) is 0 Å². The number of pyridine rings is 1. The molecule has 0 atom stereocenters. The molecular formula is C12H8N4O2. The van der Waals surface area contributed by atoms with Gasteiger partial charge in [-0.15, -0.1) is 0 Å². The molecule has 3 heterocycles. The van der Waals surface area contributed by atoms with E-state index in [0.29, 0.717) is 16.9 Å². The summed E-state index contributed by atoms with van der Waals surface area (Å²) < 4.78 is 1.46. The van der Waals surface area contributed by atoms with Crippen LogP contribution < -0.4 is 0 Å². The summed E-state index contributed by atoms with van der Waals surface area (Å²) in [6.45, 7) is 0. The fourth-order valence-corrected chi connectivity index (χ4v) is 1.80. The van der Waals surface area contributed by atoms with E-state index in [9.17, 15) is 9.90 Å². The highest BCUT2D eigenvalue weighted by Gasteiger charge is 2.20. The number of fused-ring (bicyclic) bond motifs is 1. The number of aromatic nitrogens is 4. The molecule has 0 spiro atoms. The van der Waals surface area contributed by atoms with Crippen LogP contribution in [0.4, 0.5) is 0 Å². The van der Waals surface area contributed by atoms with Crippen molar-refractivity contribution in [2.45, 2.75) is 0 Å². The Morgan fingerprint density at radius 2 is 2.00 bits per heavy atom. The molecule has 1 N–H and O–H groups in total. The second-order valence-electron chi connectivity index (χ2n) is 3.65. The van der Waals surface area contributed by atoms with E-state index in [1.165, 1.54) is 4.52 Å². The van der Waals surface area contributed by atoms with Gasteiger partial charge >= 0.3 is 5.97 Å². The molecule has 0 aliphatic carbocycles. The normalized spacial score (nSPS) is 10.7. The number of carbonyl (C=O) groups is 1. The smallest absolute Gasteiger partial charge is 0.341 e. The van der Waals surface area contributed by atoms with Crippen molar-refractivity contribution in [3.05, 3.63) is 48.5 Å². The average molecular weight is 240 g/mol. The van der Waals surface area contributed by atoms with Crippen molar-refractivity contribution in [3.8, 4) is 11.3 Å². The van der Waals surface area contributed by atoms with Crippen LogP contribution in [-0.4, -0.2) is 30.7 Å². The van der Waals surface area contributed by atoms with E-state index in [0.717, 1.165) is 0 Å². The van der Waals surface area contributed by atoms with Gasteiger partial charge < -0.3 is 5.11 Å². The first-order valence-corrected chi connectivity index (χ1v) is 5.24. The fraction of sp³-hybridized carbons (Fsp3) is 0. The average Bonchev–Trinajstić information content (AvgIpc) is 2.79. The molecule has 0 aliphatic heterocycles. The van der Waals surface area contributed by atoms with Crippen LogP contribution in [-0.2, 0) is 0 Å². The van der Waals surface area contributed by atoms with E-state index >= 15 is 0 Å². The predicted molar refractivity (Wildman–Crippen MR) is 63.2 cm³/mol. The highest BCUT2D eigenvalue weighted by Crippen LogP contribution is 2.24. The van der Waals surface area contributed by atoms with Crippen LogP contribution in [0.5, 0.6) is 0 Å². The maximum absolute atomic E-state index is 11.4. The second-order valence-corrected chi connectivity index (χ2v) is 3.65. The lowest BCUT2D eigenvalue weighted by molar-refractivity contribution is 0.0699. The quantitative estimate of drug-likeness (QED) is 0.734. The standard InChI is InChI=1S/C12H8N4O2/c17-12(18)9-10(8-2-5-13-6-3-8)15-16-7-1-4-14-11(9)16/h1-7H,(H,17,18). The lowest BCUT2D eigenvalue weighted by atomic mass is 10.1. The first-order chi connectivity index (χ1) is 8.77. The molecule has 18 heavy (non-hydrogen) atoms. The number of hydrogen-bond acceptors (Lipinski definition) is 4. The molecular weight excluding hydrogens is 232 g/mol. The Hall–Kier alpha value is -2.76. The Labute approximate surface area is 102 Å². The van der Waals surface area contributed by atoms with Gasteiger partial charge in [0.05, 0.1) is 0 Å². The summed E-state index contributed by atoms with van der Waals surface area (Å²) in [4.78, 5) is 19.3. The minimum absolute atomic E-state index is 0.0989. The molecule has 6 nitrogen and oxygen atoms in total. The molecule has 3 aromatic heterocycles. The molecule has 88 valence electrons. The third-order valence-electron chi connectivity index (χ3n) is 2.56. The molecule has 0 amide bonds. The monoisotopic (exact) mass is 240 g/mol. The van der Waals surface area contributed by atoms with Crippen LogP contribution in [0.2, 0.25) is 0 Å². The van der Waals surface area contributed by atoms with Crippen LogP contribution in [0.1, 0.15) is 10.4 Å². The number of aromatic carboxylic acids is 1. The van der Waals surface area contributed by atoms with Crippen LogP contribution >= 0.6 is 0 Å². The maximum Gasteiger partial charge on any atom is 0.341 e. The molecule has 3 rings (SSSR count). The lowest BCUT2D eigenvalue weighted by Gasteiger charge is -1.96. The van der Waals surface area contributed by atoms with Crippen molar-refractivity contribution < 1.29 is 9.90 Å². The van der Waals surface area contributed by atoms with Crippen LogP contribution in [0.25, 0.3) is 16.9 Å². The van der Waals surface area contributed by atoms with Crippen molar-refractivity contribution in [2.75, 3.05) is 0 Å². The van der Waals surface area contributed by atoms with E-state index in [1.54, 1.807) is 43.0 Å². The summed E-state index contributed by atoms with van der Waals surface area (Å²) in [5.41, 5.74) is 1.52. The fourth-order valence-electron chi connectivity index (χ4n) is 1.80. The SMILES string of the molecule is O=C(O)c1c(-c2ccncc2)nn2cccnc12. The highest BCUT2D eigenvalue weighted by molar-refractivity contribution is 6.01. The van der Waals surface area contributed by atoms with E-state index in [2.05, 4.69) is 15.1 Å². The summed E-state index contributed by atoms with van der Waals surface area (Å²) in [5.74, 6) is -1.05. The minimum atomic E-state index is -1.05. The maximum atomic E-state index is 11.4. The van der Waals surface area contributed by atoms with Crippen molar-refractivity contribution in [1.29, 1.82) is 0 Å². The zero-order valence-electron chi connectivity index (χ0n) is 9.19. The number of carboxylic acid groups (broad SMARTS) is 1. The summed E-state index contributed by atoms with van der Waals surface area (Å²) in [6, 6.07) is 5.13. The van der Waals surface area contributed by atoms with Gasteiger partial charge in [-0.2, -0.15) is 5.10 Å². The van der Waals surface area contributed by atoms with Crippen molar-refractivity contribution in [3.63, 3.8) is 0 Å². The third kappa shape index (κ3) is 1.51. The molecule has 0 aromatic carbocycles. The van der Waals surface area contributed by atoms with Crippen molar-refractivity contribution in [1.82, 2.24) is 19.6 Å². The Balaban J connectivity index is 2.36. The molecule has 3 aromatic rings. The Kier molecular flexibility index (Phi) is 2.26. The Bertz CT molecular complexity index is 721. The lowest BCUT2D eigenvalue weighted by Crippen LogP contribution is -1.99. The summed E-state index contributed by atoms with van der Waals surface area (Å²) in [7, 11) is 0. The van der Waals surface area contributed by atoms with E-state index in [-0.39, 0.29) is 5.56 Å². The van der Waals surface area contributed by atoms with Gasteiger partial charge in [0, 0.05) is 30.4 Å². The van der Waals surface area contributed by atoms with Crippen LogP contribution in [0.3, 0.4) is 0 Å². The van der Waals surface area contributed by atoms with Gasteiger partial charge in [-0.25, -0.2) is 14.3 Å². The first kappa shape index (κ1) is 10.4. The minimum Gasteiger partial charge on any atom is -0.477 e. The zero-order valence-corrected chi connectivity index (χ0v) is 9.19. The molecule has 0 saturated heterocycles. The van der Waals surface area contributed by atoms with E-state index < -0.39 is 5.97 Å². The topological polar surface area (TPSA) is 80.4 Å². The van der Waals surface area contributed by atoms with Gasteiger partial charge in [0.25, 0.3) is 0 Å². The summed E-state index contributed by atoms with van der Waals surface area (Å²) >= 11 is 0. The first-order valence-electron chi connectivity index (χ1n) is 5.24. The molecule has 0 aliphatic rings. The second kappa shape index (κ2) is 3.92. The molecule has 0 fully saturated rings. The zero-order chi connectivity index (χ0) is 12.5. The summed E-state index contributed by atoms with van der Waals surface area (Å²) in [5, 5.41) is 13.6. The van der Waals surface area contributed by atoms with E-state index in [4.69, 9.17) is 0 Å². The van der Waals surface area contributed by atoms with Crippen LogP contribution in [0, 0.1) is 0 Å². The van der Waals surface area contributed by atoms with Gasteiger partial charge in [0.15, 0.2) is 5.65 Å². The van der Waals surface area contributed by atoms with Gasteiger partial charge in [0.1, 0.15) is 11.3 Å². The number of carboxylic acids is 1. The molecule has 0 radical (unpaired) electrons. The van der Waals surface area contributed by atoms with Gasteiger partial charge in [-0.05, 0) is 18.2 Å². The number of nitrogens with zero attached hydrogens (tertiary/aromatic N) is 4. The third-order valence-corrected chi connectivity index (χ3v) is 2.56. The molecule has 0 bridgehead atoms. The Morgan fingerprint density at radius 3 is 2.72 bits per heavy atom. The summed E-state index contributed by atoms with van der Waals surface area (Å²) in [6.07, 6.45) is 6.40. The van der Waals surface area contributed by atoms with Gasteiger partial charge in [-0.1, -0.05) is 0 Å². The van der Waals surface area contributed by atoms with Crippen molar-refractivity contribution >= 4 is 11.6 Å². The molecule has 0 unspecified atom stereocenters. The van der Waals surface area contributed by atoms with Crippen molar-refractivity contribution in [2.24, 2.45) is 0 Å². The van der Waals surface area contributed by atoms with Gasteiger partial charge in [0.2, 0.25) is 0 Å². The number of rotatable bonds is 2. The predicted octanol–water partition coefficient (Wildman–Crippen LogP) is 1.49. The number of hydrogen-bond donors (Lipinski definition) is 1. The van der Waals surface area contributed by atoms with Crippen LogP contribution in [0.15, 0.2) is 43.0 Å². The Morgan fingerprint density at radius 1 is 1.22 bits per heavy atom.